The lowest BCUT2D eigenvalue weighted by Gasteiger charge is -2.45. The number of likely N-dealkylation sites (tertiary alicyclic amines) is 1. The average Bonchev–Trinajstić information content (AvgIpc) is 3.36. The van der Waals surface area contributed by atoms with E-state index >= 15 is 0 Å². The van der Waals surface area contributed by atoms with Gasteiger partial charge in [0.1, 0.15) is 12.1 Å². The van der Waals surface area contributed by atoms with Gasteiger partial charge in [-0.2, -0.15) is 0 Å². The monoisotopic (exact) mass is 462 g/mol. The molecule has 2 fully saturated rings. The first-order chi connectivity index (χ1) is 16.4. The number of hydrogen-bond acceptors (Lipinski definition) is 4. The fourth-order valence-corrected chi connectivity index (χ4v) is 5.76. The molecule has 1 heterocycles. The van der Waals surface area contributed by atoms with Crippen molar-refractivity contribution in [3.05, 3.63) is 59.7 Å². The van der Waals surface area contributed by atoms with Crippen LogP contribution in [-0.2, 0) is 14.3 Å². The molecule has 1 unspecified atom stereocenters. The van der Waals surface area contributed by atoms with Gasteiger partial charge in [-0.3, -0.25) is 4.79 Å². The molecule has 7 nitrogen and oxygen atoms in total. The minimum atomic E-state index is -1.18. The number of carboxylic acid groups (broad SMARTS) is 1. The first kappa shape index (κ1) is 22.4. The fraction of sp³-hybridized carbons (Fsp3) is 0.444. The molecule has 2 amide bonds. The number of carboxylic acids is 1. The SMILES string of the molecule is CC1(C(=O)O)CCCN1C(=O)C1(CNC(=O)OCC2c3ccccc3-c3ccccc32)CCC1. The lowest BCUT2D eigenvalue weighted by atomic mass is 9.67. The van der Waals surface area contributed by atoms with Gasteiger partial charge >= 0.3 is 12.1 Å². The van der Waals surface area contributed by atoms with Crippen LogP contribution in [0.3, 0.4) is 0 Å². The van der Waals surface area contributed by atoms with E-state index in [1.807, 2.05) is 24.3 Å². The third-order valence-corrected chi connectivity index (χ3v) is 8.03. The Bertz CT molecular complexity index is 1100. The Balaban J connectivity index is 1.23. The van der Waals surface area contributed by atoms with E-state index in [0.717, 1.165) is 17.5 Å². The molecule has 0 spiro atoms. The van der Waals surface area contributed by atoms with E-state index in [1.165, 1.54) is 16.0 Å². The van der Waals surface area contributed by atoms with Crippen molar-refractivity contribution >= 4 is 18.0 Å². The summed E-state index contributed by atoms with van der Waals surface area (Å²) in [4.78, 5) is 39.4. The number of carbonyl (C=O) groups is 3. The van der Waals surface area contributed by atoms with E-state index in [0.29, 0.717) is 32.2 Å². The van der Waals surface area contributed by atoms with Crippen molar-refractivity contribution in [1.82, 2.24) is 10.2 Å². The minimum absolute atomic E-state index is 0.0293. The first-order valence-corrected chi connectivity index (χ1v) is 12.0. The molecule has 178 valence electrons. The number of hydrogen-bond donors (Lipinski definition) is 2. The summed E-state index contributed by atoms with van der Waals surface area (Å²) in [6, 6.07) is 16.3. The van der Waals surface area contributed by atoms with E-state index in [1.54, 1.807) is 6.92 Å². The van der Waals surface area contributed by atoms with Gasteiger partial charge in [0.05, 0.1) is 5.41 Å². The van der Waals surface area contributed by atoms with Gasteiger partial charge in [-0.1, -0.05) is 55.0 Å². The van der Waals surface area contributed by atoms with Gasteiger partial charge in [-0.05, 0) is 54.9 Å². The number of carbonyl (C=O) groups excluding carboxylic acids is 2. The minimum Gasteiger partial charge on any atom is -0.480 e. The van der Waals surface area contributed by atoms with Crippen molar-refractivity contribution in [3.8, 4) is 11.1 Å². The summed E-state index contributed by atoms with van der Waals surface area (Å²) in [6.07, 6.45) is 2.73. The molecule has 5 rings (SSSR count). The third-order valence-electron chi connectivity index (χ3n) is 8.03. The maximum Gasteiger partial charge on any atom is 0.407 e. The number of benzene rings is 2. The number of aliphatic carboxylic acids is 1. The Morgan fingerprint density at radius 2 is 1.62 bits per heavy atom. The van der Waals surface area contributed by atoms with Gasteiger partial charge in [0.25, 0.3) is 0 Å². The third kappa shape index (κ3) is 3.54. The molecule has 34 heavy (non-hydrogen) atoms. The number of nitrogens with one attached hydrogen (secondary N) is 1. The molecule has 1 aliphatic heterocycles. The summed E-state index contributed by atoms with van der Waals surface area (Å²) in [5.74, 6) is -1.17. The van der Waals surface area contributed by atoms with E-state index in [9.17, 15) is 19.5 Å². The molecular formula is C27H30N2O5. The zero-order valence-corrected chi connectivity index (χ0v) is 19.4. The molecule has 0 aromatic heterocycles. The molecule has 2 N–H and O–H groups in total. The fourth-order valence-electron chi connectivity index (χ4n) is 5.76. The van der Waals surface area contributed by atoms with E-state index in [-0.39, 0.29) is 25.0 Å². The second-order valence-electron chi connectivity index (χ2n) is 9.95. The molecule has 7 heteroatoms. The summed E-state index contributed by atoms with van der Waals surface area (Å²) in [5, 5.41) is 12.5. The molecule has 2 aliphatic carbocycles. The van der Waals surface area contributed by atoms with Gasteiger partial charge in [0.15, 0.2) is 0 Å². The van der Waals surface area contributed by atoms with Crippen LogP contribution >= 0.6 is 0 Å². The van der Waals surface area contributed by atoms with Crippen LogP contribution < -0.4 is 5.32 Å². The van der Waals surface area contributed by atoms with Crippen LogP contribution in [0.15, 0.2) is 48.5 Å². The number of amides is 2. The van der Waals surface area contributed by atoms with Crippen LogP contribution in [0.4, 0.5) is 4.79 Å². The summed E-state index contributed by atoms with van der Waals surface area (Å²) >= 11 is 0. The number of alkyl carbamates (subject to hydrolysis) is 1. The maximum atomic E-state index is 13.4. The Labute approximate surface area is 199 Å². The van der Waals surface area contributed by atoms with E-state index < -0.39 is 23.0 Å². The molecule has 0 radical (unpaired) electrons. The number of nitrogens with zero attached hydrogens (tertiary/aromatic N) is 1. The second-order valence-corrected chi connectivity index (χ2v) is 9.95. The standard InChI is InChI=1S/C27H30N2O5/c1-26(24(31)32)12-7-15-29(26)23(30)27(13-6-14-27)17-28-25(33)34-16-22-20-10-4-2-8-18(20)19-9-3-5-11-21(19)22/h2-5,8-11,22H,6-7,12-17H2,1H3,(H,28,33)(H,31,32). The zero-order chi connectivity index (χ0) is 23.9. The predicted molar refractivity (Wildman–Crippen MR) is 126 cm³/mol. The Morgan fingerprint density at radius 1 is 1.00 bits per heavy atom. The Morgan fingerprint density at radius 3 is 2.18 bits per heavy atom. The molecule has 2 aromatic rings. The normalized spacial score (nSPS) is 22.4. The van der Waals surface area contributed by atoms with Crippen molar-refractivity contribution < 1.29 is 24.2 Å². The summed E-state index contributed by atoms with van der Waals surface area (Å²) in [5.41, 5.74) is 2.69. The Hall–Kier alpha value is -3.35. The molecule has 1 saturated heterocycles. The Kier molecular flexibility index (Phi) is 5.58. The van der Waals surface area contributed by atoms with Gasteiger partial charge in [-0.25, -0.2) is 9.59 Å². The van der Waals surface area contributed by atoms with Gasteiger partial charge in [0.2, 0.25) is 5.91 Å². The molecular weight excluding hydrogens is 432 g/mol. The van der Waals surface area contributed by atoms with E-state index in [4.69, 9.17) is 4.74 Å². The lowest BCUT2D eigenvalue weighted by Crippen LogP contribution is -2.59. The molecule has 2 aromatic carbocycles. The highest BCUT2D eigenvalue weighted by Crippen LogP contribution is 2.46. The van der Waals surface area contributed by atoms with Gasteiger partial charge < -0.3 is 20.1 Å². The average molecular weight is 463 g/mol. The van der Waals surface area contributed by atoms with Crippen molar-refractivity contribution in [1.29, 1.82) is 0 Å². The highest BCUT2D eigenvalue weighted by atomic mass is 16.5. The van der Waals surface area contributed by atoms with Crippen molar-refractivity contribution in [2.45, 2.75) is 50.5 Å². The highest BCUT2D eigenvalue weighted by Gasteiger charge is 2.54. The number of fused-ring (bicyclic) bond motifs is 3. The maximum absolute atomic E-state index is 13.4. The second kappa shape index (κ2) is 8.46. The van der Waals surface area contributed by atoms with Gasteiger partial charge in [-0.15, -0.1) is 0 Å². The van der Waals surface area contributed by atoms with Crippen LogP contribution in [0, 0.1) is 5.41 Å². The predicted octanol–water partition coefficient (Wildman–Crippen LogP) is 4.16. The van der Waals surface area contributed by atoms with Crippen LogP contribution in [0.25, 0.3) is 11.1 Å². The quantitative estimate of drug-likeness (QED) is 0.672. The van der Waals surface area contributed by atoms with Crippen LogP contribution in [-0.4, -0.2) is 53.2 Å². The molecule has 0 bridgehead atoms. The zero-order valence-electron chi connectivity index (χ0n) is 19.4. The summed E-state index contributed by atoms with van der Waals surface area (Å²) in [7, 11) is 0. The topological polar surface area (TPSA) is 95.9 Å². The van der Waals surface area contributed by atoms with Crippen molar-refractivity contribution in [2.75, 3.05) is 19.7 Å². The molecule has 1 atom stereocenters. The number of rotatable bonds is 6. The molecule has 1 saturated carbocycles. The lowest BCUT2D eigenvalue weighted by molar-refractivity contribution is -0.162. The summed E-state index contributed by atoms with van der Waals surface area (Å²) < 4.78 is 5.62. The first-order valence-electron chi connectivity index (χ1n) is 12.0. The largest absolute Gasteiger partial charge is 0.480 e. The van der Waals surface area contributed by atoms with Crippen LogP contribution in [0.5, 0.6) is 0 Å². The van der Waals surface area contributed by atoms with Crippen molar-refractivity contribution in [3.63, 3.8) is 0 Å². The van der Waals surface area contributed by atoms with Crippen LogP contribution in [0.2, 0.25) is 0 Å². The number of ether oxygens (including phenoxy) is 1. The smallest absolute Gasteiger partial charge is 0.407 e. The van der Waals surface area contributed by atoms with Gasteiger partial charge in [0, 0.05) is 19.0 Å². The van der Waals surface area contributed by atoms with E-state index in [2.05, 4.69) is 29.6 Å². The molecule has 3 aliphatic rings. The van der Waals surface area contributed by atoms with Crippen molar-refractivity contribution in [2.24, 2.45) is 5.41 Å². The van der Waals surface area contributed by atoms with Crippen LogP contribution in [0.1, 0.15) is 56.1 Å². The summed E-state index contributed by atoms with van der Waals surface area (Å²) in [6.45, 7) is 2.43. The highest BCUT2D eigenvalue weighted by molar-refractivity contribution is 5.91.